The summed E-state index contributed by atoms with van der Waals surface area (Å²) in [7, 11) is 1.17. The Morgan fingerprint density at radius 2 is 1.30 bits per heavy atom. The summed E-state index contributed by atoms with van der Waals surface area (Å²) in [5.41, 5.74) is -2.50. The van der Waals surface area contributed by atoms with Gasteiger partial charge in [0.15, 0.2) is 6.61 Å². The topological polar surface area (TPSA) is 76.7 Å². The maximum atomic E-state index is 12.8. The summed E-state index contributed by atoms with van der Waals surface area (Å²) in [6.07, 6.45) is -10.8. The Labute approximate surface area is 165 Å². The van der Waals surface area contributed by atoms with Gasteiger partial charge in [0.05, 0.1) is 18.2 Å². The fourth-order valence-corrected chi connectivity index (χ4v) is 2.16. The summed E-state index contributed by atoms with van der Waals surface area (Å²) in [5, 5.41) is 4.72. The Hall–Kier alpha value is -3.44. The molecule has 2 aromatic carbocycles. The zero-order valence-electron chi connectivity index (χ0n) is 15.1. The smallest absolute Gasteiger partial charge is 0.416 e. The highest BCUT2D eigenvalue weighted by molar-refractivity contribution is 5.92. The Morgan fingerprint density at radius 1 is 0.833 bits per heavy atom. The number of benzene rings is 2. The van der Waals surface area contributed by atoms with Crippen molar-refractivity contribution >= 4 is 23.4 Å². The summed E-state index contributed by atoms with van der Waals surface area (Å²) < 4.78 is 86.1. The molecule has 12 heteroatoms. The SMILES string of the molecule is COC(=O)Nc1ccc(NC(=O)COc2cc(C(F)(F)F)cc(C(F)(F)F)c2)cc1. The van der Waals surface area contributed by atoms with Crippen molar-refractivity contribution in [1.82, 2.24) is 0 Å². The van der Waals surface area contributed by atoms with Gasteiger partial charge in [-0.3, -0.25) is 10.1 Å². The number of rotatable bonds is 5. The van der Waals surface area contributed by atoms with Crippen LogP contribution in [0.15, 0.2) is 42.5 Å². The van der Waals surface area contributed by atoms with Crippen LogP contribution in [0.4, 0.5) is 42.5 Å². The van der Waals surface area contributed by atoms with Crippen LogP contribution < -0.4 is 15.4 Å². The van der Waals surface area contributed by atoms with Crippen molar-refractivity contribution in [1.29, 1.82) is 0 Å². The molecule has 2 N–H and O–H groups in total. The molecule has 0 saturated carbocycles. The van der Waals surface area contributed by atoms with E-state index in [1.165, 1.54) is 31.4 Å². The number of hydrogen-bond donors (Lipinski definition) is 2. The Morgan fingerprint density at radius 3 is 1.73 bits per heavy atom. The average molecular weight is 436 g/mol. The van der Waals surface area contributed by atoms with Crippen molar-refractivity contribution < 1.29 is 45.4 Å². The molecule has 2 rings (SSSR count). The van der Waals surface area contributed by atoms with Crippen LogP contribution in [-0.2, 0) is 21.9 Å². The van der Waals surface area contributed by atoms with Gasteiger partial charge in [0.2, 0.25) is 0 Å². The van der Waals surface area contributed by atoms with Crippen LogP contribution in [0.2, 0.25) is 0 Å². The first-order valence-electron chi connectivity index (χ1n) is 8.05. The summed E-state index contributed by atoms with van der Waals surface area (Å²) in [6, 6.07) is 6.35. The van der Waals surface area contributed by atoms with Crippen LogP contribution in [0.25, 0.3) is 0 Å². The Kier molecular flexibility index (Phi) is 6.80. The third kappa shape index (κ3) is 6.57. The lowest BCUT2D eigenvalue weighted by Crippen LogP contribution is -2.20. The number of carbonyl (C=O) groups excluding carboxylic acids is 2. The number of carbonyl (C=O) groups is 2. The van der Waals surface area contributed by atoms with Crippen molar-refractivity contribution in [2.75, 3.05) is 24.4 Å². The van der Waals surface area contributed by atoms with E-state index in [0.717, 1.165) is 0 Å². The highest BCUT2D eigenvalue weighted by atomic mass is 19.4. The maximum absolute atomic E-state index is 12.8. The van der Waals surface area contributed by atoms with E-state index in [-0.39, 0.29) is 11.8 Å². The number of anilines is 2. The predicted octanol–water partition coefficient (Wildman–Crippen LogP) is 4.92. The lowest BCUT2D eigenvalue weighted by molar-refractivity contribution is -0.143. The van der Waals surface area contributed by atoms with Crippen LogP contribution in [0.1, 0.15) is 11.1 Å². The third-order valence-electron chi connectivity index (χ3n) is 3.53. The molecule has 0 spiro atoms. The molecule has 6 nitrogen and oxygen atoms in total. The predicted molar refractivity (Wildman–Crippen MR) is 93.0 cm³/mol. The molecule has 0 radical (unpaired) electrons. The monoisotopic (exact) mass is 436 g/mol. The van der Waals surface area contributed by atoms with Crippen LogP contribution in [0, 0.1) is 0 Å². The minimum absolute atomic E-state index is 0.0448. The van der Waals surface area contributed by atoms with Gasteiger partial charge in [-0.15, -0.1) is 0 Å². The van der Waals surface area contributed by atoms with Crippen LogP contribution >= 0.6 is 0 Å². The Bertz CT molecular complexity index is 878. The summed E-state index contributed by atoms with van der Waals surface area (Å²) in [6.45, 7) is -0.833. The normalized spacial score (nSPS) is 11.6. The lowest BCUT2D eigenvalue weighted by Gasteiger charge is -2.15. The summed E-state index contributed by atoms with van der Waals surface area (Å²) in [5.74, 6) is -1.58. The van der Waals surface area contributed by atoms with E-state index in [4.69, 9.17) is 4.74 Å². The van der Waals surface area contributed by atoms with Gasteiger partial charge in [0.25, 0.3) is 5.91 Å². The van der Waals surface area contributed by atoms with Gasteiger partial charge >= 0.3 is 18.4 Å². The Balaban J connectivity index is 2.04. The van der Waals surface area contributed by atoms with Crippen molar-refractivity contribution in [3.63, 3.8) is 0 Å². The number of hydrogen-bond acceptors (Lipinski definition) is 4. The fourth-order valence-electron chi connectivity index (χ4n) is 2.16. The van der Waals surface area contributed by atoms with E-state index in [1.807, 2.05) is 0 Å². The molecule has 2 amide bonds. The van der Waals surface area contributed by atoms with Crippen molar-refractivity contribution in [2.24, 2.45) is 0 Å². The van der Waals surface area contributed by atoms with Gasteiger partial charge in [-0.05, 0) is 42.5 Å². The van der Waals surface area contributed by atoms with E-state index < -0.39 is 47.8 Å². The zero-order chi connectivity index (χ0) is 22.5. The molecular weight excluding hydrogens is 422 g/mol. The van der Waals surface area contributed by atoms with Gasteiger partial charge in [0, 0.05) is 11.4 Å². The number of ether oxygens (including phenoxy) is 2. The first-order valence-corrected chi connectivity index (χ1v) is 8.05. The number of nitrogens with one attached hydrogen (secondary N) is 2. The molecule has 162 valence electrons. The molecule has 2 aromatic rings. The van der Waals surface area contributed by atoms with E-state index in [0.29, 0.717) is 17.8 Å². The lowest BCUT2D eigenvalue weighted by atomic mass is 10.1. The average Bonchev–Trinajstić information content (AvgIpc) is 2.66. The molecule has 0 aliphatic heterocycles. The minimum Gasteiger partial charge on any atom is -0.484 e. The highest BCUT2D eigenvalue weighted by Crippen LogP contribution is 2.38. The standard InChI is InChI=1S/C18H14F6N2O4/c1-29-16(28)26-13-4-2-12(3-5-13)25-15(27)9-30-14-7-10(17(19,20)21)6-11(8-14)18(22,23)24/h2-8H,9H2,1H3,(H,25,27)(H,26,28). The fraction of sp³-hybridized carbons (Fsp3) is 0.222. The van der Waals surface area contributed by atoms with Crippen LogP contribution in [0.3, 0.4) is 0 Å². The van der Waals surface area contributed by atoms with Gasteiger partial charge in [-0.25, -0.2) is 4.79 Å². The molecular formula is C18H14F6N2O4. The first kappa shape index (κ1) is 22.8. The maximum Gasteiger partial charge on any atom is 0.416 e. The van der Waals surface area contributed by atoms with E-state index in [9.17, 15) is 35.9 Å². The molecule has 0 aliphatic carbocycles. The number of amides is 2. The van der Waals surface area contributed by atoms with Crippen molar-refractivity contribution in [3.05, 3.63) is 53.6 Å². The molecule has 0 saturated heterocycles. The van der Waals surface area contributed by atoms with E-state index in [1.54, 1.807) is 0 Å². The molecule has 0 atom stereocenters. The van der Waals surface area contributed by atoms with Gasteiger partial charge in [-0.2, -0.15) is 26.3 Å². The number of alkyl halides is 6. The molecule has 0 bridgehead atoms. The van der Waals surface area contributed by atoms with Crippen molar-refractivity contribution in [3.8, 4) is 5.75 Å². The molecule has 0 unspecified atom stereocenters. The van der Waals surface area contributed by atoms with E-state index >= 15 is 0 Å². The second-order valence-electron chi connectivity index (χ2n) is 5.77. The van der Waals surface area contributed by atoms with Crippen LogP contribution in [0.5, 0.6) is 5.75 Å². The van der Waals surface area contributed by atoms with Gasteiger partial charge in [0.1, 0.15) is 5.75 Å². The summed E-state index contributed by atoms with van der Waals surface area (Å²) in [4.78, 5) is 23.0. The summed E-state index contributed by atoms with van der Waals surface area (Å²) >= 11 is 0. The highest BCUT2D eigenvalue weighted by Gasteiger charge is 2.37. The second-order valence-corrected chi connectivity index (χ2v) is 5.77. The molecule has 0 fully saturated rings. The second kappa shape index (κ2) is 8.93. The number of halogens is 6. The first-order chi connectivity index (χ1) is 13.9. The van der Waals surface area contributed by atoms with Gasteiger partial charge in [-0.1, -0.05) is 0 Å². The quantitative estimate of drug-likeness (QED) is 0.653. The van der Waals surface area contributed by atoms with Crippen molar-refractivity contribution in [2.45, 2.75) is 12.4 Å². The third-order valence-corrected chi connectivity index (χ3v) is 3.53. The molecule has 0 aromatic heterocycles. The van der Waals surface area contributed by atoms with Gasteiger partial charge < -0.3 is 14.8 Å². The van der Waals surface area contributed by atoms with Crippen LogP contribution in [-0.4, -0.2) is 25.7 Å². The molecule has 30 heavy (non-hydrogen) atoms. The largest absolute Gasteiger partial charge is 0.484 e. The zero-order valence-corrected chi connectivity index (χ0v) is 15.1. The molecule has 0 aliphatic rings. The number of methoxy groups -OCH3 is 1. The minimum atomic E-state index is -5.03. The molecule has 0 heterocycles. The van der Waals surface area contributed by atoms with E-state index in [2.05, 4.69) is 15.4 Å².